The van der Waals surface area contributed by atoms with Crippen molar-refractivity contribution in [2.45, 2.75) is 24.9 Å². The molecular formula is C11H13BrN2O. The van der Waals surface area contributed by atoms with Crippen LogP contribution in [0.15, 0.2) is 28.7 Å². The summed E-state index contributed by atoms with van der Waals surface area (Å²) in [6, 6.07) is 8.10. The summed E-state index contributed by atoms with van der Waals surface area (Å²) in [7, 11) is 0. The Morgan fingerprint density at radius 2 is 2.13 bits per heavy atom. The van der Waals surface area contributed by atoms with Crippen LogP contribution in [0.25, 0.3) is 0 Å². The van der Waals surface area contributed by atoms with Gasteiger partial charge in [0.15, 0.2) is 0 Å². The highest BCUT2D eigenvalue weighted by atomic mass is 79.9. The Hall–Kier alpha value is -0.870. The van der Waals surface area contributed by atoms with Crippen molar-refractivity contribution in [3.8, 4) is 0 Å². The number of hydrogen-bond donors (Lipinski definition) is 2. The number of primary amides is 1. The van der Waals surface area contributed by atoms with Gasteiger partial charge >= 0.3 is 0 Å². The van der Waals surface area contributed by atoms with Gasteiger partial charge in [-0.3, -0.25) is 10.1 Å². The second kappa shape index (κ2) is 4.33. The maximum atomic E-state index is 11.0. The van der Waals surface area contributed by atoms with E-state index in [1.54, 1.807) is 0 Å². The summed E-state index contributed by atoms with van der Waals surface area (Å²) in [5.41, 5.74) is 6.46. The van der Waals surface area contributed by atoms with Crippen molar-refractivity contribution in [2.24, 2.45) is 5.73 Å². The molecule has 1 aromatic rings. The molecule has 2 rings (SSSR count). The van der Waals surface area contributed by atoms with Crippen LogP contribution < -0.4 is 11.1 Å². The summed E-state index contributed by atoms with van der Waals surface area (Å²) >= 11 is 3.51. The van der Waals surface area contributed by atoms with Crippen molar-refractivity contribution in [3.05, 3.63) is 34.3 Å². The third-order valence-electron chi connectivity index (χ3n) is 2.77. The molecule has 1 heterocycles. The molecule has 1 amide bonds. The molecule has 0 spiro atoms. The lowest BCUT2D eigenvalue weighted by Gasteiger charge is -2.14. The van der Waals surface area contributed by atoms with Gasteiger partial charge in [-0.2, -0.15) is 0 Å². The average Bonchev–Trinajstić information content (AvgIpc) is 2.67. The molecule has 4 heteroatoms. The predicted molar refractivity (Wildman–Crippen MR) is 62.2 cm³/mol. The van der Waals surface area contributed by atoms with Crippen molar-refractivity contribution in [1.29, 1.82) is 0 Å². The fourth-order valence-corrected chi connectivity index (χ4v) is 2.53. The first-order valence-corrected chi connectivity index (χ1v) is 5.77. The van der Waals surface area contributed by atoms with Crippen molar-refractivity contribution in [2.75, 3.05) is 0 Å². The van der Waals surface area contributed by atoms with Crippen LogP contribution in [0.4, 0.5) is 0 Å². The number of amides is 1. The summed E-state index contributed by atoms with van der Waals surface area (Å²) in [5.74, 6) is -0.260. The number of rotatable bonds is 2. The third-order valence-corrected chi connectivity index (χ3v) is 3.49. The van der Waals surface area contributed by atoms with Gasteiger partial charge in [-0.1, -0.05) is 34.1 Å². The van der Waals surface area contributed by atoms with Gasteiger partial charge in [0.05, 0.1) is 6.04 Å². The molecule has 0 aromatic heterocycles. The standard InChI is InChI=1S/C11H13BrN2O/c12-8-4-2-1-3-7(8)9-5-6-10(14-9)11(13)15/h1-4,9-10,14H,5-6H2,(H2,13,15). The summed E-state index contributed by atoms with van der Waals surface area (Å²) in [6.07, 6.45) is 1.78. The summed E-state index contributed by atoms with van der Waals surface area (Å²) < 4.78 is 1.08. The maximum Gasteiger partial charge on any atom is 0.234 e. The molecule has 3 nitrogen and oxygen atoms in total. The Morgan fingerprint density at radius 1 is 1.40 bits per heavy atom. The van der Waals surface area contributed by atoms with Crippen LogP contribution in [0.5, 0.6) is 0 Å². The zero-order valence-electron chi connectivity index (χ0n) is 8.24. The van der Waals surface area contributed by atoms with Crippen LogP contribution in [0, 0.1) is 0 Å². The lowest BCUT2D eigenvalue weighted by atomic mass is 10.1. The number of halogens is 1. The number of nitrogens with one attached hydrogen (secondary N) is 1. The average molecular weight is 269 g/mol. The monoisotopic (exact) mass is 268 g/mol. The Morgan fingerprint density at radius 3 is 2.73 bits per heavy atom. The molecular weight excluding hydrogens is 256 g/mol. The smallest absolute Gasteiger partial charge is 0.234 e. The highest BCUT2D eigenvalue weighted by molar-refractivity contribution is 9.10. The fraction of sp³-hybridized carbons (Fsp3) is 0.364. The first-order chi connectivity index (χ1) is 7.18. The molecule has 1 aliphatic rings. The van der Waals surface area contributed by atoms with E-state index < -0.39 is 0 Å². The van der Waals surface area contributed by atoms with Gasteiger partial charge in [0.25, 0.3) is 0 Å². The van der Waals surface area contributed by atoms with Crippen LogP contribution >= 0.6 is 15.9 Å². The zero-order chi connectivity index (χ0) is 10.8. The molecule has 0 aliphatic carbocycles. The minimum atomic E-state index is -0.260. The van der Waals surface area contributed by atoms with Crippen LogP contribution in [0.2, 0.25) is 0 Å². The van der Waals surface area contributed by atoms with Gasteiger partial charge in [0.2, 0.25) is 5.91 Å². The lowest BCUT2D eigenvalue weighted by molar-refractivity contribution is -0.119. The summed E-state index contributed by atoms with van der Waals surface area (Å²) in [5, 5.41) is 3.24. The maximum absolute atomic E-state index is 11.0. The van der Waals surface area contributed by atoms with E-state index in [1.807, 2.05) is 18.2 Å². The van der Waals surface area contributed by atoms with Gasteiger partial charge < -0.3 is 5.73 Å². The van der Waals surface area contributed by atoms with E-state index in [-0.39, 0.29) is 18.0 Å². The number of nitrogens with two attached hydrogens (primary N) is 1. The fourth-order valence-electron chi connectivity index (χ4n) is 1.97. The van der Waals surface area contributed by atoms with E-state index in [4.69, 9.17) is 5.73 Å². The van der Waals surface area contributed by atoms with Crippen molar-refractivity contribution in [3.63, 3.8) is 0 Å². The highest BCUT2D eigenvalue weighted by Gasteiger charge is 2.28. The van der Waals surface area contributed by atoms with Crippen LogP contribution in [0.3, 0.4) is 0 Å². The molecule has 2 atom stereocenters. The topological polar surface area (TPSA) is 55.1 Å². The van der Waals surface area contributed by atoms with Gasteiger partial charge in [0, 0.05) is 10.5 Å². The van der Waals surface area contributed by atoms with E-state index in [2.05, 4.69) is 27.3 Å². The number of carbonyl (C=O) groups excluding carboxylic acids is 1. The van der Waals surface area contributed by atoms with E-state index in [1.165, 1.54) is 5.56 Å². The third kappa shape index (κ3) is 2.21. The molecule has 2 unspecified atom stereocenters. The van der Waals surface area contributed by atoms with E-state index in [9.17, 15) is 4.79 Å². The molecule has 1 aliphatic heterocycles. The Kier molecular flexibility index (Phi) is 3.07. The predicted octanol–water partition coefficient (Wildman–Crippen LogP) is 1.73. The van der Waals surface area contributed by atoms with Crippen molar-refractivity contribution in [1.82, 2.24) is 5.32 Å². The zero-order valence-corrected chi connectivity index (χ0v) is 9.83. The largest absolute Gasteiger partial charge is 0.368 e. The summed E-state index contributed by atoms with van der Waals surface area (Å²) in [4.78, 5) is 11.0. The normalized spacial score (nSPS) is 25.4. The van der Waals surface area contributed by atoms with Crippen LogP contribution in [-0.4, -0.2) is 11.9 Å². The summed E-state index contributed by atoms with van der Waals surface area (Å²) in [6.45, 7) is 0. The second-order valence-electron chi connectivity index (χ2n) is 3.77. The van der Waals surface area contributed by atoms with E-state index >= 15 is 0 Å². The first kappa shape index (κ1) is 10.6. The number of carbonyl (C=O) groups is 1. The van der Waals surface area contributed by atoms with Crippen LogP contribution in [-0.2, 0) is 4.79 Å². The van der Waals surface area contributed by atoms with Crippen molar-refractivity contribution >= 4 is 21.8 Å². The molecule has 0 bridgehead atoms. The van der Waals surface area contributed by atoms with Gasteiger partial charge in [-0.15, -0.1) is 0 Å². The molecule has 3 N–H and O–H groups in total. The lowest BCUT2D eigenvalue weighted by Crippen LogP contribution is -2.37. The van der Waals surface area contributed by atoms with Crippen molar-refractivity contribution < 1.29 is 4.79 Å². The molecule has 1 aromatic carbocycles. The highest BCUT2D eigenvalue weighted by Crippen LogP contribution is 2.31. The quantitative estimate of drug-likeness (QED) is 0.859. The van der Waals surface area contributed by atoms with E-state index in [0.717, 1.165) is 17.3 Å². The van der Waals surface area contributed by atoms with Gasteiger partial charge in [0.1, 0.15) is 0 Å². The molecule has 0 saturated carbocycles. The molecule has 1 fully saturated rings. The molecule has 80 valence electrons. The first-order valence-electron chi connectivity index (χ1n) is 4.98. The number of hydrogen-bond acceptors (Lipinski definition) is 2. The van der Waals surface area contributed by atoms with E-state index in [0.29, 0.717) is 0 Å². The van der Waals surface area contributed by atoms with Crippen LogP contribution in [0.1, 0.15) is 24.4 Å². The minimum absolute atomic E-state index is 0.179. The van der Waals surface area contributed by atoms with Gasteiger partial charge in [-0.05, 0) is 24.5 Å². The number of benzene rings is 1. The minimum Gasteiger partial charge on any atom is -0.368 e. The molecule has 15 heavy (non-hydrogen) atoms. The SMILES string of the molecule is NC(=O)C1CCC(c2ccccc2Br)N1. The molecule has 1 saturated heterocycles. The Bertz CT molecular complexity index is 381. The molecule has 0 radical (unpaired) electrons. The Labute approximate surface area is 97.2 Å². The Balaban J connectivity index is 2.14. The second-order valence-corrected chi connectivity index (χ2v) is 4.63. The van der Waals surface area contributed by atoms with Gasteiger partial charge in [-0.25, -0.2) is 0 Å².